The van der Waals surface area contributed by atoms with Gasteiger partial charge in [0.25, 0.3) is 0 Å². The fraction of sp³-hybridized carbons (Fsp3) is 0.381. The lowest BCUT2D eigenvalue weighted by Gasteiger charge is -2.32. The number of hydrogen-bond donors (Lipinski definition) is 2. The highest BCUT2D eigenvalue weighted by Gasteiger charge is 2.20. The maximum atomic E-state index is 13.0. The standard InChI is InChI=1S/C21H26FN3O2/c1-27-20-5-3-2-4-19(20)24-21(26)23-14-16-10-12-25(13-11-16)15-17-6-8-18(22)9-7-17/h2-9,16H,10-15H2,1H3,(H2,23,24,26). The van der Waals surface area contributed by atoms with Gasteiger partial charge in [-0.3, -0.25) is 4.90 Å². The van der Waals surface area contributed by atoms with Gasteiger partial charge in [0.2, 0.25) is 0 Å². The Balaban J connectivity index is 1.39. The Labute approximate surface area is 159 Å². The zero-order valence-corrected chi connectivity index (χ0v) is 15.6. The second-order valence-electron chi connectivity index (χ2n) is 6.88. The van der Waals surface area contributed by atoms with Gasteiger partial charge in [-0.05, 0) is 61.7 Å². The van der Waals surface area contributed by atoms with E-state index in [0.29, 0.717) is 23.9 Å². The third kappa shape index (κ3) is 5.69. The van der Waals surface area contributed by atoms with Crippen LogP contribution in [0.5, 0.6) is 5.75 Å². The molecule has 1 fully saturated rings. The molecule has 0 spiro atoms. The summed E-state index contributed by atoms with van der Waals surface area (Å²) in [6.07, 6.45) is 2.08. The molecule has 144 valence electrons. The first kappa shape index (κ1) is 19.2. The molecule has 2 aromatic rings. The van der Waals surface area contributed by atoms with Crippen molar-refractivity contribution in [1.82, 2.24) is 10.2 Å². The Hall–Kier alpha value is -2.60. The molecule has 0 aliphatic carbocycles. The number of para-hydroxylation sites is 2. The lowest BCUT2D eigenvalue weighted by molar-refractivity contribution is 0.175. The van der Waals surface area contributed by atoms with Crippen molar-refractivity contribution in [1.29, 1.82) is 0 Å². The number of benzene rings is 2. The van der Waals surface area contributed by atoms with Crippen molar-refractivity contribution in [2.24, 2.45) is 5.92 Å². The van der Waals surface area contributed by atoms with Crippen LogP contribution >= 0.6 is 0 Å². The fourth-order valence-corrected chi connectivity index (χ4v) is 3.35. The number of amides is 2. The molecule has 2 amide bonds. The summed E-state index contributed by atoms with van der Waals surface area (Å²) >= 11 is 0. The lowest BCUT2D eigenvalue weighted by Crippen LogP contribution is -2.39. The highest BCUT2D eigenvalue weighted by Crippen LogP contribution is 2.23. The monoisotopic (exact) mass is 371 g/mol. The Morgan fingerprint density at radius 2 is 1.85 bits per heavy atom. The van der Waals surface area contributed by atoms with E-state index in [-0.39, 0.29) is 11.8 Å². The van der Waals surface area contributed by atoms with Crippen LogP contribution in [-0.2, 0) is 6.54 Å². The van der Waals surface area contributed by atoms with Crippen molar-refractivity contribution in [2.45, 2.75) is 19.4 Å². The van der Waals surface area contributed by atoms with E-state index in [9.17, 15) is 9.18 Å². The number of ether oxygens (including phenoxy) is 1. The van der Waals surface area contributed by atoms with Gasteiger partial charge in [-0.1, -0.05) is 24.3 Å². The Bertz CT molecular complexity index is 743. The predicted octanol–water partition coefficient (Wildman–Crippen LogP) is 3.87. The average Bonchev–Trinajstić information content (AvgIpc) is 2.69. The summed E-state index contributed by atoms with van der Waals surface area (Å²) in [7, 11) is 1.58. The molecular formula is C21H26FN3O2. The molecule has 0 atom stereocenters. The number of halogens is 1. The van der Waals surface area contributed by atoms with Crippen molar-refractivity contribution >= 4 is 11.7 Å². The predicted molar refractivity (Wildman–Crippen MR) is 104 cm³/mol. The van der Waals surface area contributed by atoms with Crippen molar-refractivity contribution in [2.75, 3.05) is 32.1 Å². The average molecular weight is 371 g/mol. The van der Waals surface area contributed by atoms with E-state index in [1.807, 2.05) is 36.4 Å². The molecule has 2 N–H and O–H groups in total. The number of nitrogens with one attached hydrogen (secondary N) is 2. The lowest BCUT2D eigenvalue weighted by atomic mass is 9.96. The number of piperidine rings is 1. The van der Waals surface area contributed by atoms with Gasteiger partial charge in [0.15, 0.2) is 0 Å². The molecular weight excluding hydrogens is 345 g/mol. The summed E-state index contributed by atoms with van der Waals surface area (Å²) in [6, 6.07) is 13.8. The molecule has 0 radical (unpaired) electrons. The number of carbonyl (C=O) groups is 1. The molecule has 0 aromatic heterocycles. The smallest absolute Gasteiger partial charge is 0.319 e. The third-order valence-corrected chi connectivity index (χ3v) is 4.93. The van der Waals surface area contributed by atoms with Crippen LogP contribution in [0.1, 0.15) is 18.4 Å². The molecule has 6 heteroatoms. The van der Waals surface area contributed by atoms with Gasteiger partial charge in [0.1, 0.15) is 11.6 Å². The van der Waals surface area contributed by atoms with E-state index in [4.69, 9.17) is 4.74 Å². The Morgan fingerprint density at radius 1 is 1.15 bits per heavy atom. The van der Waals surface area contributed by atoms with Crippen LogP contribution < -0.4 is 15.4 Å². The Kier molecular flexibility index (Phi) is 6.65. The highest BCUT2D eigenvalue weighted by atomic mass is 19.1. The van der Waals surface area contributed by atoms with Gasteiger partial charge in [-0.2, -0.15) is 0 Å². The molecule has 5 nitrogen and oxygen atoms in total. The quantitative estimate of drug-likeness (QED) is 0.811. The summed E-state index contributed by atoms with van der Waals surface area (Å²) in [5.74, 6) is 0.912. The maximum Gasteiger partial charge on any atom is 0.319 e. The van der Waals surface area contributed by atoms with Crippen molar-refractivity contribution in [3.8, 4) is 5.75 Å². The van der Waals surface area contributed by atoms with E-state index >= 15 is 0 Å². The molecule has 1 saturated heterocycles. The number of nitrogens with zero attached hydrogens (tertiary/aromatic N) is 1. The first-order valence-electron chi connectivity index (χ1n) is 9.28. The molecule has 27 heavy (non-hydrogen) atoms. The normalized spacial score (nSPS) is 15.3. The molecule has 1 heterocycles. The zero-order chi connectivity index (χ0) is 19.1. The molecule has 0 bridgehead atoms. The number of rotatable bonds is 6. The summed E-state index contributed by atoms with van der Waals surface area (Å²) in [4.78, 5) is 14.5. The number of urea groups is 1. The minimum atomic E-state index is -0.215. The van der Waals surface area contributed by atoms with Crippen molar-refractivity contribution in [3.63, 3.8) is 0 Å². The number of methoxy groups -OCH3 is 1. The minimum absolute atomic E-state index is 0.199. The molecule has 3 rings (SSSR count). The third-order valence-electron chi connectivity index (χ3n) is 4.93. The SMILES string of the molecule is COc1ccccc1NC(=O)NCC1CCN(Cc2ccc(F)cc2)CC1. The van der Waals surface area contributed by atoms with E-state index in [0.717, 1.165) is 38.0 Å². The van der Waals surface area contributed by atoms with Crippen LogP contribution in [0.2, 0.25) is 0 Å². The van der Waals surface area contributed by atoms with Crippen molar-refractivity contribution < 1.29 is 13.9 Å². The van der Waals surface area contributed by atoms with Gasteiger partial charge in [-0.15, -0.1) is 0 Å². The fourth-order valence-electron chi connectivity index (χ4n) is 3.35. The van der Waals surface area contributed by atoms with Gasteiger partial charge in [-0.25, -0.2) is 9.18 Å². The first-order chi connectivity index (χ1) is 13.1. The highest BCUT2D eigenvalue weighted by molar-refractivity contribution is 5.90. The van der Waals surface area contributed by atoms with E-state index in [1.165, 1.54) is 12.1 Å². The summed E-state index contributed by atoms with van der Waals surface area (Å²) in [5.41, 5.74) is 1.79. The summed E-state index contributed by atoms with van der Waals surface area (Å²) in [5, 5.41) is 5.79. The van der Waals surface area contributed by atoms with Crippen LogP contribution in [0.25, 0.3) is 0 Å². The largest absolute Gasteiger partial charge is 0.495 e. The minimum Gasteiger partial charge on any atom is -0.495 e. The van der Waals surface area contributed by atoms with E-state index < -0.39 is 0 Å². The summed E-state index contributed by atoms with van der Waals surface area (Å²) < 4.78 is 18.2. The van der Waals surface area contributed by atoms with E-state index in [2.05, 4.69) is 15.5 Å². The van der Waals surface area contributed by atoms with Crippen LogP contribution in [-0.4, -0.2) is 37.7 Å². The molecule has 1 aliphatic heterocycles. The van der Waals surface area contributed by atoms with E-state index in [1.54, 1.807) is 7.11 Å². The zero-order valence-electron chi connectivity index (χ0n) is 15.6. The van der Waals surface area contributed by atoms with Crippen LogP contribution in [0.15, 0.2) is 48.5 Å². The van der Waals surface area contributed by atoms with Crippen LogP contribution in [0.4, 0.5) is 14.9 Å². The molecule has 0 unspecified atom stereocenters. The number of anilines is 1. The maximum absolute atomic E-state index is 13.0. The topological polar surface area (TPSA) is 53.6 Å². The Morgan fingerprint density at radius 3 is 2.56 bits per heavy atom. The van der Waals surface area contributed by atoms with Crippen molar-refractivity contribution in [3.05, 3.63) is 59.9 Å². The first-order valence-corrected chi connectivity index (χ1v) is 9.28. The second-order valence-corrected chi connectivity index (χ2v) is 6.88. The van der Waals surface area contributed by atoms with Crippen LogP contribution in [0.3, 0.4) is 0 Å². The van der Waals surface area contributed by atoms with Gasteiger partial charge >= 0.3 is 6.03 Å². The molecule has 1 aliphatic rings. The second kappa shape index (κ2) is 9.37. The molecule has 2 aromatic carbocycles. The van der Waals surface area contributed by atoms with Crippen LogP contribution in [0, 0.1) is 11.7 Å². The molecule has 0 saturated carbocycles. The number of likely N-dealkylation sites (tertiary alicyclic amines) is 1. The number of carbonyl (C=O) groups excluding carboxylic acids is 1. The van der Waals surface area contributed by atoms with Gasteiger partial charge in [0.05, 0.1) is 12.8 Å². The summed E-state index contributed by atoms with van der Waals surface area (Å²) in [6.45, 7) is 3.47. The van der Waals surface area contributed by atoms with Gasteiger partial charge in [0, 0.05) is 13.1 Å². The number of hydrogen-bond acceptors (Lipinski definition) is 3. The van der Waals surface area contributed by atoms with Gasteiger partial charge < -0.3 is 15.4 Å².